The van der Waals surface area contributed by atoms with Crippen LogP contribution in [0.5, 0.6) is 0 Å². The number of amides is 2. The SMILES string of the molecule is CC(C)CC(NC(=O)c1cc2ccccc2s1)C(=O)NCC(CCN)CCO. The van der Waals surface area contributed by atoms with Gasteiger partial charge in [-0.05, 0) is 55.2 Å². The fraction of sp³-hybridized carbons (Fsp3) is 0.524. The topological polar surface area (TPSA) is 104 Å². The van der Waals surface area contributed by atoms with Gasteiger partial charge in [0.25, 0.3) is 5.91 Å². The van der Waals surface area contributed by atoms with Gasteiger partial charge in [-0.1, -0.05) is 32.0 Å². The third-order valence-corrected chi connectivity index (χ3v) is 5.77. The number of fused-ring (bicyclic) bond motifs is 1. The third kappa shape index (κ3) is 6.58. The van der Waals surface area contributed by atoms with Gasteiger partial charge in [0.1, 0.15) is 6.04 Å². The first-order valence-corrected chi connectivity index (χ1v) is 10.6. The minimum absolute atomic E-state index is 0.0681. The van der Waals surface area contributed by atoms with Crippen molar-refractivity contribution in [3.05, 3.63) is 35.2 Å². The van der Waals surface area contributed by atoms with E-state index in [1.807, 2.05) is 44.2 Å². The normalized spacial score (nSPS) is 13.5. The van der Waals surface area contributed by atoms with E-state index in [-0.39, 0.29) is 30.3 Å². The number of aliphatic hydroxyl groups is 1. The molecule has 154 valence electrons. The second kappa shape index (κ2) is 11.1. The number of carbonyl (C=O) groups is 2. The zero-order valence-electron chi connectivity index (χ0n) is 16.6. The Kier molecular flexibility index (Phi) is 8.89. The first kappa shape index (κ1) is 22.3. The molecule has 2 aromatic rings. The number of nitrogens with two attached hydrogens (primary N) is 1. The van der Waals surface area contributed by atoms with Crippen LogP contribution in [0.25, 0.3) is 10.1 Å². The maximum atomic E-state index is 12.7. The molecule has 2 unspecified atom stereocenters. The van der Waals surface area contributed by atoms with Crippen LogP contribution in [-0.2, 0) is 4.79 Å². The summed E-state index contributed by atoms with van der Waals surface area (Å²) in [7, 11) is 0. The first-order chi connectivity index (χ1) is 13.4. The number of thiophene rings is 1. The van der Waals surface area contributed by atoms with Gasteiger partial charge in [0, 0.05) is 17.9 Å². The molecule has 0 saturated carbocycles. The van der Waals surface area contributed by atoms with Crippen molar-refractivity contribution in [3.63, 3.8) is 0 Å². The molecule has 2 amide bonds. The number of nitrogens with one attached hydrogen (secondary N) is 2. The molecule has 0 fully saturated rings. The van der Waals surface area contributed by atoms with E-state index in [4.69, 9.17) is 10.8 Å². The third-order valence-electron chi connectivity index (χ3n) is 4.66. The number of rotatable bonds is 11. The zero-order valence-corrected chi connectivity index (χ0v) is 17.4. The Hall–Kier alpha value is -1.96. The van der Waals surface area contributed by atoms with Gasteiger partial charge < -0.3 is 21.5 Å². The van der Waals surface area contributed by atoms with Crippen LogP contribution < -0.4 is 16.4 Å². The minimum atomic E-state index is -0.592. The van der Waals surface area contributed by atoms with Gasteiger partial charge in [0.15, 0.2) is 0 Å². The van der Waals surface area contributed by atoms with Crippen LogP contribution in [-0.4, -0.2) is 42.7 Å². The van der Waals surface area contributed by atoms with Crippen molar-refractivity contribution < 1.29 is 14.7 Å². The second-order valence-corrected chi connectivity index (χ2v) is 8.59. The lowest BCUT2D eigenvalue weighted by molar-refractivity contribution is -0.123. The molecular formula is C21H31N3O3S. The Balaban J connectivity index is 2.02. The summed E-state index contributed by atoms with van der Waals surface area (Å²) in [5.41, 5.74) is 5.60. The first-order valence-electron chi connectivity index (χ1n) is 9.82. The number of benzene rings is 1. The van der Waals surface area contributed by atoms with E-state index in [1.54, 1.807) is 0 Å². The molecule has 0 bridgehead atoms. The quantitative estimate of drug-likeness (QED) is 0.461. The van der Waals surface area contributed by atoms with Crippen molar-refractivity contribution in [1.82, 2.24) is 10.6 Å². The molecule has 6 nitrogen and oxygen atoms in total. The number of hydrogen-bond acceptors (Lipinski definition) is 5. The average molecular weight is 406 g/mol. The molecule has 0 aliphatic carbocycles. The van der Waals surface area contributed by atoms with Crippen LogP contribution >= 0.6 is 11.3 Å². The van der Waals surface area contributed by atoms with E-state index in [2.05, 4.69) is 10.6 Å². The fourth-order valence-corrected chi connectivity index (χ4v) is 4.13. The van der Waals surface area contributed by atoms with Gasteiger partial charge in [0.05, 0.1) is 4.88 Å². The minimum Gasteiger partial charge on any atom is -0.396 e. The summed E-state index contributed by atoms with van der Waals surface area (Å²) in [4.78, 5) is 26.0. The molecule has 28 heavy (non-hydrogen) atoms. The fourth-order valence-electron chi connectivity index (χ4n) is 3.16. The highest BCUT2D eigenvalue weighted by Crippen LogP contribution is 2.25. The van der Waals surface area contributed by atoms with Crippen molar-refractivity contribution in [2.75, 3.05) is 19.7 Å². The molecule has 5 N–H and O–H groups in total. The predicted octanol–water partition coefficient (Wildman–Crippen LogP) is 2.51. The van der Waals surface area contributed by atoms with Crippen molar-refractivity contribution in [2.45, 2.75) is 39.2 Å². The molecular weight excluding hydrogens is 374 g/mol. The van der Waals surface area contributed by atoms with Crippen molar-refractivity contribution in [1.29, 1.82) is 0 Å². The summed E-state index contributed by atoms with van der Waals surface area (Å²) in [6, 6.07) is 9.10. The number of carbonyl (C=O) groups excluding carboxylic acids is 2. The van der Waals surface area contributed by atoms with Gasteiger partial charge in [-0.2, -0.15) is 0 Å². The standard InChI is InChI=1S/C21H31N3O3S/c1-14(2)11-17(20(26)23-13-15(7-9-22)8-10-25)24-21(27)19-12-16-5-3-4-6-18(16)28-19/h3-6,12,14-15,17,25H,7-11,13,22H2,1-2H3,(H,23,26)(H,24,27). The lowest BCUT2D eigenvalue weighted by Crippen LogP contribution is -2.48. The van der Waals surface area contributed by atoms with Gasteiger partial charge in [-0.25, -0.2) is 0 Å². The van der Waals surface area contributed by atoms with Gasteiger partial charge in [-0.3, -0.25) is 9.59 Å². The maximum Gasteiger partial charge on any atom is 0.262 e. The summed E-state index contributed by atoms with van der Waals surface area (Å²) in [5, 5.41) is 16.0. The van der Waals surface area contributed by atoms with Gasteiger partial charge in [0.2, 0.25) is 5.91 Å². The van der Waals surface area contributed by atoms with Gasteiger partial charge >= 0.3 is 0 Å². The molecule has 2 rings (SSSR count). The molecule has 0 aliphatic heterocycles. The molecule has 2 atom stereocenters. The van der Waals surface area contributed by atoms with Crippen LogP contribution in [0.1, 0.15) is 42.8 Å². The number of hydrogen-bond donors (Lipinski definition) is 4. The molecule has 1 aromatic carbocycles. The van der Waals surface area contributed by atoms with E-state index in [9.17, 15) is 9.59 Å². The Labute approximate surface area is 170 Å². The second-order valence-electron chi connectivity index (χ2n) is 7.50. The summed E-state index contributed by atoms with van der Waals surface area (Å²) >= 11 is 1.42. The van der Waals surface area contributed by atoms with E-state index < -0.39 is 6.04 Å². The monoisotopic (exact) mass is 405 g/mol. The molecule has 0 saturated heterocycles. The molecule has 0 aliphatic rings. The zero-order chi connectivity index (χ0) is 20.5. The summed E-state index contributed by atoms with van der Waals surface area (Å²) < 4.78 is 1.05. The van der Waals surface area contributed by atoms with Crippen LogP contribution in [0.15, 0.2) is 30.3 Å². The Morgan fingerprint density at radius 3 is 2.61 bits per heavy atom. The summed E-state index contributed by atoms with van der Waals surface area (Å²) in [6.45, 7) is 5.07. The molecule has 0 spiro atoms. The predicted molar refractivity (Wildman–Crippen MR) is 114 cm³/mol. The van der Waals surface area contributed by atoms with E-state index >= 15 is 0 Å². The van der Waals surface area contributed by atoms with Crippen LogP contribution in [0, 0.1) is 11.8 Å². The summed E-state index contributed by atoms with van der Waals surface area (Å²) in [5.74, 6) is -0.0216. The Morgan fingerprint density at radius 2 is 1.96 bits per heavy atom. The van der Waals surface area contributed by atoms with Crippen molar-refractivity contribution >= 4 is 33.2 Å². The van der Waals surface area contributed by atoms with E-state index in [0.29, 0.717) is 30.8 Å². The van der Waals surface area contributed by atoms with Crippen molar-refractivity contribution in [3.8, 4) is 0 Å². The van der Waals surface area contributed by atoms with Crippen LogP contribution in [0.4, 0.5) is 0 Å². The molecule has 1 aromatic heterocycles. The Bertz CT molecular complexity index is 736. The Morgan fingerprint density at radius 1 is 1.21 bits per heavy atom. The largest absolute Gasteiger partial charge is 0.396 e. The van der Waals surface area contributed by atoms with E-state index in [1.165, 1.54) is 11.3 Å². The smallest absolute Gasteiger partial charge is 0.262 e. The lowest BCUT2D eigenvalue weighted by Gasteiger charge is -2.22. The molecule has 0 radical (unpaired) electrons. The average Bonchev–Trinajstić information content (AvgIpc) is 3.09. The highest BCUT2D eigenvalue weighted by Gasteiger charge is 2.24. The van der Waals surface area contributed by atoms with Gasteiger partial charge in [-0.15, -0.1) is 11.3 Å². The molecule has 1 heterocycles. The summed E-state index contributed by atoms with van der Waals surface area (Å²) in [6.07, 6.45) is 1.90. The van der Waals surface area contributed by atoms with Crippen LogP contribution in [0.2, 0.25) is 0 Å². The highest BCUT2D eigenvalue weighted by atomic mass is 32.1. The maximum absolute atomic E-state index is 12.7. The van der Waals surface area contributed by atoms with Crippen LogP contribution in [0.3, 0.4) is 0 Å². The lowest BCUT2D eigenvalue weighted by atomic mass is 10.0. The molecule has 7 heteroatoms. The number of aliphatic hydroxyl groups excluding tert-OH is 1. The van der Waals surface area contributed by atoms with Crippen molar-refractivity contribution in [2.24, 2.45) is 17.6 Å². The van der Waals surface area contributed by atoms with E-state index in [0.717, 1.165) is 16.5 Å². The highest BCUT2D eigenvalue weighted by molar-refractivity contribution is 7.20.